The molecule has 162 valence electrons. The Morgan fingerprint density at radius 2 is 1.78 bits per heavy atom. The van der Waals surface area contributed by atoms with Gasteiger partial charge >= 0.3 is 12.1 Å². The van der Waals surface area contributed by atoms with Crippen molar-refractivity contribution >= 4 is 23.2 Å². The van der Waals surface area contributed by atoms with Gasteiger partial charge in [0.25, 0.3) is 0 Å². The molecule has 0 aliphatic heterocycles. The number of carboxylic acids is 1. The van der Waals surface area contributed by atoms with E-state index in [1.165, 1.54) is 12.1 Å². The molecule has 4 rings (SSSR count). The monoisotopic (exact) mass is 434 g/mol. The van der Waals surface area contributed by atoms with E-state index in [1.807, 2.05) is 6.07 Å². The number of aliphatic carboxylic acids is 1. The Hall–Kier alpha value is -4.20. The van der Waals surface area contributed by atoms with E-state index in [9.17, 15) is 19.1 Å². The molecular weight excluding hydrogens is 415 g/mol. The van der Waals surface area contributed by atoms with Gasteiger partial charge in [0, 0.05) is 12.0 Å². The summed E-state index contributed by atoms with van der Waals surface area (Å²) < 4.78 is 24.0. The van der Waals surface area contributed by atoms with E-state index >= 15 is 0 Å². The fourth-order valence-electron chi connectivity index (χ4n) is 3.16. The summed E-state index contributed by atoms with van der Waals surface area (Å²) >= 11 is 0. The first-order valence-corrected chi connectivity index (χ1v) is 9.83. The summed E-state index contributed by atoms with van der Waals surface area (Å²) in [6.07, 6.45) is -0.692. The minimum Gasteiger partial charge on any atom is -0.480 e. The quantitative estimate of drug-likeness (QED) is 0.442. The van der Waals surface area contributed by atoms with Crippen molar-refractivity contribution in [1.82, 2.24) is 10.3 Å². The number of carbonyl (C=O) groups is 2. The molecule has 1 atom stereocenters. The number of alkyl carbamates (subject to hydrolysis) is 1. The molecule has 0 saturated carbocycles. The van der Waals surface area contributed by atoms with Crippen LogP contribution in [0.2, 0.25) is 0 Å². The number of carbonyl (C=O) groups excluding carboxylic acids is 1. The molecule has 2 N–H and O–H groups in total. The predicted octanol–water partition coefficient (Wildman–Crippen LogP) is 4.56. The molecule has 7 nitrogen and oxygen atoms in total. The highest BCUT2D eigenvalue weighted by atomic mass is 19.1. The number of hydrogen-bond acceptors (Lipinski definition) is 5. The zero-order valence-corrected chi connectivity index (χ0v) is 16.8. The third kappa shape index (κ3) is 5.10. The average molecular weight is 434 g/mol. The molecule has 32 heavy (non-hydrogen) atoms. The first-order chi connectivity index (χ1) is 15.5. The number of rotatable bonds is 7. The lowest BCUT2D eigenvalue weighted by atomic mass is 10.1. The van der Waals surface area contributed by atoms with Crippen LogP contribution in [0.25, 0.3) is 22.6 Å². The Balaban J connectivity index is 1.39. The Labute approximate surface area is 182 Å². The van der Waals surface area contributed by atoms with Gasteiger partial charge in [-0.15, -0.1) is 0 Å². The van der Waals surface area contributed by atoms with Crippen molar-refractivity contribution in [3.05, 3.63) is 89.7 Å². The maximum atomic E-state index is 13.1. The largest absolute Gasteiger partial charge is 0.480 e. The first-order valence-electron chi connectivity index (χ1n) is 9.83. The van der Waals surface area contributed by atoms with E-state index in [2.05, 4.69) is 10.3 Å². The van der Waals surface area contributed by atoms with Crippen molar-refractivity contribution in [2.24, 2.45) is 0 Å². The molecule has 8 heteroatoms. The number of nitrogens with one attached hydrogen (secondary N) is 1. The number of halogens is 1. The number of aromatic nitrogens is 1. The van der Waals surface area contributed by atoms with Crippen molar-refractivity contribution in [2.75, 3.05) is 0 Å². The molecule has 0 saturated heterocycles. The Morgan fingerprint density at radius 3 is 2.50 bits per heavy atom. The van der Waals surface area contributed by atoms with Crippen LogP contribution >= 0.6 is 0 Å². The van der Waals surface area contributed by atoms with Gasteiger partial charge in [-0.3, -0.25) is 0 Å². The van der Waals surface area contributed by atoms with Gasteiger partial charge in [0.05, 0.1) is 0 Å². The second-order valence-corrected chi connectivity index (χ2v) is 7.13. The number of nitrogens with zero attached hydrogens (tertiary/aromatic N) is 1. The highest BCUT2D eigenvalue weighted by molar-refractivity contribution is 5.80. The van der Waals surface area contributed by atoms with Crippen LogP contribution in [0.15, 0.2) is 77.2 Å². The molecule has 0 radical (unpaired) electrons. The number of ether oxygens (including phenoxy) is 1. The number of fused-ring (bicyclic) bond motifs is 1. The molecule has 0 bridgehead atoms. The third-order valence-electron chi connectivity index (χ3n) is 4.79. The number of amides is 1. The molecule has 1 heterocycles. The summed E-state index contributed by atoms with van der Waals surface area (Å²) in [6.45, 7) is -0.0712. The fourth-order valence-corrected chi connectivity index (χ4v) is 3.16. The van der Waals surface area contributed by atoms with Gasteiger partial charge in [-0.1, -0.05) is 36.4 Å². The number of oxazole rings is 1. The summed E-state index contributed by atoms with van der Waals surface area (Å²) in [6, 6.07) is 18.8. The zero-order chi connectivity index (χ0) is 22.5. The summed E-state index contributed by atoms with van der Waals surface area (Å²) in [5, 5.41) is 11.8. The van der Waals surface area contributed by atoms with Crippen molar-refractivity contribution in [3.63, 3.8) is 0 Å². The SMILES string of the molecule is O=C(N[C@H](Cc1ccccc1)C(=O)O)OCc1ccc2oc(-c3ccc(F)cc3)nc2c1. The standard InChI is InChI=1S/C24H19FN2O5/c25-18-9-7-17(8-10-18)22-26-19-13-16(6-11-21(19)32-22)14-31-24(30)27-20(23(28)29)12-15-4-2-1-3-5-15/h1-11,13,20H,12,14H2,(H,27,30)(H,28,29)/t20-/m1/s1. The van der Waals surface area contributed by atoms with E-state index < -0.39 is 18.1 Å². The summed E-state index contributed by atoms with van der Waals surface area (Å²) in [4.78, 5) is 28.0. The van der Waals surface area contributed by atoms with Crippen LogP contribution in [-0.2, 0) is 22.6 Å². The minimum atomic E-state index is -1.15. The summed E-state index contributed by atoms with van der Waals surface area (Å²) in [7, 11) is 0. The van der Waals surface area contributed by atoms with Crippen molar-refractivity contribution < 1.29 is 28.2 Å². The van der Waals surface area contributed by atoms with Crippen LogP contribution in [-0.4, -0.2) is 28.2 Å². The first kappa shape index (κ1) is 21.0. The van der Waals surface area contributed by atoms with E-state index in [0.717, 1.165) is 5.56 Å². The van der Waals surface area contributed by atoms with Crippen molar-refractivity contribution in [2.45, 2.75) is 19.1 Å². The Bertz CT molecular complexity index is 1240. The fraction of sp³-hybridized carbons (Fsp3) is 0.125. The second kappa shape index (κ2) is 9.30. The predicted molar refractivity (Wildman–Crippen MR) is 114 cm³/mol. The lowest BCUT2D eigenvalue weighted by Crippen LogP contribution is -2.42. The smallest absolute Gasteiger partial charge is 0.408 e. The molecular formula is C24H19FN2O5. The topological polar surface area (TPSA) is 102 Å². The number of hydrogen-bond donors (Lipinski definition) is 2. The maximum Gasteiger partial charge on any atom is 0.408 e. The molecule has 0 aliphatic rings. The number of benzene rings is 3. The normalized spacial score (nSPS) is 11.8. The van der Waals surface area contributed by atoms with E-state index in [-0.39, 0.29) is 18.8 Å². The van der Waals surface area contributed by atoms with Crippen molar-refractivity contribution in [1.29, 1.82) is 0 Å². The van der Waals surface area contributed by atoms with Crippen LogP contribution in [0.5, 0.6) is 0 Å². The van der Waals surface area contributed by atoms with Gasteiger partial charge in [0.2, 0.25) is 5.89 Å². The zero-order valence-electron chi connectivity index (χ0n) is 16.8. The van der Waals surface area contributed by atoms with E-state index in [1.54, 1.807) is 54.6 Å². The summed E-state index contributed by atoms with van der Waals surface area (Å²) in [5.74, 6) is -1.15. The third-order valence-corrected chi connectivity index (χ3v) is 4.79. The molecule has 0 spiro atoms. The highest BCUT2D eigenvalue weighted by Crippen LogP contribution is 2.25. The highest BCUT2D eigenvalue weighted by Gasteiger charge is 2.21. The molecule has 3 aromatic carbocycles. The molecule has 1 aromatic heterocycles. The maximum absolute atomic E-state index is 13.1. The Morgan fingerprint density at radius 1 is 1.03 bits per heavy atom. The van der Waals surface area contributed by atoms with Gasteiger partial charge in [0.1, 0.15) is 24.0 Å². The van der Waals surface area contributed by atoms with Crippen LogP contribution in [0.3, 0.4) is 0 Å². The average Bonchev–Trinajstić information content (AvgIpc) is 3.22. The Kier molecular flexibility index (Phi) is 6.12. The van der Waals surface area contributed by atoms with Crippen LogP contribution < -0.4 is 5.32 Å². The van der Waals surface area contributed by atoms with Gasteiger partial charge in [-0.25, -0.2) is 19.0 Å². The molecule has 4 aromatic rings. The second-order valence-electron chi connectivity index (χ2n) is 7.13. The van der Waals surface area contributed by atoms with Crippen LogP contribution in [0, 0.1) is 5.82 Å². The molecule has 1 amide bonds. The van der Waals surface area contributed by atoms with Crippen LogP contribution in [0.1, 0.15) is 11.1 Å². The van der Waals surface area contributed by atoms with Crippen molar-refractivity contribution in [3.8, 4) is 11.5 Å². The lowest BCUT2D eigenvalue weighted by molar-refractivity contribution is -0.139. The van der Waals surface area contributed by atoms with Gasteiger partial charge in [0.15, 0.2) is 5.58 Å². The molecule has 0 fully saturated rings. The van der Waals surface area contributed by atoms with Crippen LogP contribution in [0.4, 0.5) is 9.18 Å². The molecule has 0 aliphatic carbocycles. The lowest BCUT2D eigenvalue weighted by Gasteiger charge is -2.14. The summed E-state index contributed by atoms with van der Waals surface area (Å²) in [5.41, 5.74) is 3.16. The van der Waals surface area contributed by atoms with Gasteiger partial charge in [-0.05, 0) is 47.5 Å². The van der Waals surface area contributed by atoms with E-state index in [4.69, 9.17) is 9.15 Å². The molecule has 0 unspecified atom stereocenters. The number of carboxylic acid groups (broad SMARTS) is 1. The van der Waals surface area contributed by atoms with Gasteiger partial charge < -0.3 is 19.6 Å². The van der Waals surface area contributed by atoms with Gasteiger partial charge in [-0.2, -0.15) is 0 Å². The minimum absolute atomic E-state index is 0.0712. The van der Waals surface area contributed by atoms with E-state index in [0.29, 0.717) is 28.1 Å².